The largest absolute Gasteiger partial charge is 0.456 e. The molecule has 174 valence electrons. The number of fused-ring (bicyclic) bond motifs is 3. The van der Waals surface area contributed by atoms with Crippen molar-refractivity contribution >= 4 is 21.9 Å². The second-order valence-corrected chi connectivity index (χ2v) is 8.05. The Morgan fingerprint density at radius 1 is 0.459 bits per heavy atom. The monoisotopic (exact) mass is 486 g/mol. The summed E-state index contributed by atoms with van der Waals surface area (Å²) >= 11 is 0. The van der Waals surface area contributed by atoms with Crippen LogP contribution >= 0.6 is 0 Å². The van der Waals surface area contributed by atoms with Crippen molar-refractivity contribution in [1.82, 2.24) is 15.0 Å². The number of furan rings is 1. The number of rotatable bonds is 4. The molecule has 4 heteroatoms. The molecular weight excluding hydrogens is 454 g/mol. The van der Waals surface area contributed by atoms with Crippen LogP contribution in [0, 0.1) is 0 Å². The maximum atomic E-state index is 9.16. The molecule has 0 spiro atoms. The molecule has 37 heavy (non-hydrogen) atoms. The van der Waals surface area contributed by atoms with Gasteiger partial charge in [0.05, 0.1) is 15.1 Å². The molecule has 7 aromatic rings. The summed E-state index contributed by atoms with van der Waals surface area (Å²) in [5.74, 6) is 0.448. The standard InChI is InChI=1S/C33H21N3O/c1-4-10-22(11-5-1)25-17-19-29-28(20-25)27-18-16-26(21-30(27)37-29)33-35-31(23-12-6-2-7-13-23)34-32(36-33)24-14-8-3-9-15-24/h1-21H/i1D,4D,5D,10D,11D,16D,17D,18D,19D,20D,21D. The molecule has 0 fully saturated rings. The van der Waals surface area contributed by atoms with E-state index in [-0.39, 0.29) is 45.0 Å². The minimum atomic E-state index is -0.678. The quantitative estimate of drug-likeness (QED) is 0.250. The fraction of sp³-hybridized carbons (Fsp3) is 0. The van der Waals surface area contributed by atoms with Crippen LogP contribution in [0.3, 0.4) is 0 Å². The average molecular weight is 487 g/mol. The van der Waals surface area contributed by atoms with E-state index >= 15 is 0 Å². The molecule has 2 aromatic heterocycles. The molecule has 7 rings (SSSR count). The number of hydrogen-bond acceptors (Lipinski definition) is 4. The molecule has 0 saturated carbocycles. The molecule has 0 aliphatic carbocycles. The minimum Gasteiger partial charge on any atom is -0.456 e. The van der Waals surface area contributed by atoms with Crippen molar-refractivity contribution in [2.45, 2.75) is 0 Å². The first-order chi connectivity index (χ1) is 22.9. The van der Waals surface area contributed by atoms with Crippen LogP contribution in [0.5, 0.6) is 0 Å². The van der Waals surface area contributed by atoms with Crippen molar-refractivity contribution in [2.24, 2.45) is 0 Å². The highest BCUT2D eigenvalue weighted by atomic mass is 16.3. The highest BCUT2D eigenvalue weighted by Crippen LogP contribution is 2.35. The first kappa shape index (κ1) is 12.7. The van der Waals surface area contributed by atoms with Gasteiger partial charge in [-0.1, -0.05) is 103 Å². The van der Waals surface area contributed by atoms with Crippen molar-refractivity contribution in [3.63, 3.8) is 0 Å². The van der Waals surface area contributed by atoms with Crippen LogP contribution in [0.25, 0.3) is 67.2 Å². The molecule has 0 radical (unpaired) electrons. The van der Waals surface area contributed by atoms with Crippen molar-refractivity contribution in [2.75, 3.05) is 0 Å². The lowest BCUT2D eigenvalue weighted by Crippen LogP contribution is -2.00. The molecule has 2 heterocycles. The van der Waals surface area contributed by atoms with Gasteiger partial charge in [0, 0.05) is 27.5 Å². The lowest BCUT2D eigenvalue weighted by atomic mass is 10.0. The Labute approximate surface area is 229 Å². The third kappa shape index (κ3) is 3.95. The Morgan fingerprint density at radius 3 is 1.70 bits per heavy atom. The van der Waals surface area contributed by atoms with E-state index in [1.807, 2.05) is 36.4 Å². The number of aromatic nitrogens is 3. The van der Waals surface area contributed by atoms with Gasteiger partial charge in [-0.2, -0.15) is 0 Å². The van der Waals surface area contributed by atoms with Gasteiger partial charge in [0.1, 0.15) is 11.2 Å². The zero-order chi connectivity index (χ0) is 34.2. The van der Waals surface area contributed by atoms with Gasteiger partial charge in [-0.3, -0.25) is 0 Å². The molecule has 0 atom stereocenters. The van der Waals surface area contributed by atoms with E-state index in [9.17, 15) is 0 Å². The molecule has 0 aliphatic heterocycles. The van der Waals surface area contributed by atoms with Gasteiger partial charge in [-0.05, 0) is 35.3 Å². The minimum absolute atomic E-state index is 0.0771. The van der Waals surface area contributed by atoms with Crippen LogP contribution < -0.4 is 0 Å². The normalized spacial score (nSPS) is 15.4. The average Bonchev–Trinajstić information content (AvgIpc) is 3.52. The molecule has 4 nitrogen and oxygen atoms in total. The molecule has 0 unspecified atom stereocenters. The van der Waals surface area contributed by atoms with Crippen LogP contribution in [0.4, 0.5) is 0 Å². The van der Waals surface area contributed by atoms with Crippen LogP contribution in [0.1, 0.15) is 15.1 Å². The van der Waals surface area contributed by atoms with E-state index < -0.39 is 77.6 Å². The molecule has 0 N–H and O–H groups in total. The van der Waals surface area contributed by atoms with E-state index in [1.54, 1.807) is 24.3 Å². The Kier molecular flexibility index (Phi) is 3.05. The highest BCUT2D eigenvalue weighted by Gasteiger charge is 2.15. The van der Waals surface area contributed by atoms with Crippen molar-refractivity contribution in [3.8, 4) is 45.3 Å². The Hall–Kier alpha value is -5.09. The van der Waals surface area contributed by atoms with Crippen LogP contribution in [0.15, 0.2) is 132 Å². The van der Waals surface area contributed by atoms with Gasteiger partial charge >= 0.3 is 0 Å². The lowest BCUT2D eigenvalue weighted by molar-refractivity contribution is 0.669. The number of benzene rings is 5. The van der Waals surface area contributed by atoms with Gasteiger partial charge < -0.3 is 4.42 Å². The lowest BCUT2D eigenvalue weighted by Gasteiger charge is -2.08. The summed E-state index contributed by atoms with van der Waals surface area (Å²) in [6.07, 6.45) is 0. The predicted octanol–water partition coefficient (Wildman–Crippen LogP) is 8.44. The van der Waals surface area contributed by atoms with Crippen molar-refractivity contribution < 1.29 is 19.5 Å². The van der Waals surface area contributed by atoms with E-state index in [1.165, 1.54) is 0 Å². The summed E-state index contributed by atoms with van der Waals surface area (Å²) in [7, 11) is 0. The van der Waals surface area contributed by atoms with Crippen LogP contribution in [-0.2, 0) is 0 Å². The van der Waals surface area contributed by atoms with Gasteiger partial charge in [0.25, 0.3) is 0 Å². The second kappa shape index (κ2) is 8.85. The predicted molar refractivity (Wildman–Crippen MR) is 149 cm³/mol. The molecule has 0 bridgehead atoms. The first-order valence-corrected chi connectivity index (χ1v) is 11.3. The number of hydrogen-bond donors (Lipinski definition) is 0. The maximum absolute atomic E-state index is 9.16. The van der Waals surface area contributed by atoms with Crippen molar-refractivity contribution in [3.05, 3.63) is 127 Å². The van der Waals surface area contributed by atoms with Gasteiger partial charge in [0.15, 0.2) is 17.5 Å². The van der Waals surface area contributed by atoms with Crippen LogP contribution in [0.2, 0.25) is 0 Å². The van der Waals surface area contributed by atoms with Crippen molar-refractivity contribution in [1.29, 1.82) is 0 Å². The molecular formula is C33H21N3O. The summed E-state index contributed by atoms with van der Waals surface area (Å²) in [4.78, 5) is 13.8. The van der Waals surface area contributed by atoms with E-state index in [0.29, 0.717) is 11.1 Å². The third-order valence-corrected chi connectivity index (χ3v) is 5.68. The van der Waals surface area contributed by atoms with Gasteiger partial charge in [0.2, 0.25) is 0 Å². The molecule has 0 amide bonds. The van der Waals surface area contributed by atoms with E-state index in [4.69, 9.17) is 19.5 Å². The summed E-state index contributed by atoms with van der Waals surface area (Å²) in [6.45, 7) is 0. The summed E-state index contributed by atoms with van der Waals surface area (Å²) in [5.41, 5.74) is -0.317. The zero-order valence-electron chi connectivity index (χ0n) is 30.0. The SMILES string of the molecule is [2H]c1c([2H])c([2H])c(-c2c([2H])c([2H])c3oc4c([2H])c(-c5nc(-c6ccccc6)nc(-c6ccccc6)n5)c([2H])c([2H])c4c3c2[2H])c([2H])c1[2H]. The Bertz CT molecular complexity index is 2380. The Morgan fingerprint density at radius 2 is 1.05 bits per heavy atom. The fourth-order valence-corrected chi connectivity index (χ4v) is 3.92. The van der Waals surface area contributed by atoms with Gasteiger partial charge in [-0.25, -0.2) is 15.0 Å². The topological polar surface area (TPSA) is 51.8 Å². The highest BCUT2D eigenvalue weighted by molar-refractivity contribution is 6.07. The zero-order valence-corrected chi connectivity index (χ0v) is 19.0. The summed E-state index contributed by atoms with van der Waals surface area (Å²) < 4.78 is 101. The molecule has 0 aliphatic rings. The summed E-state index contributed by atoms with van der Waals surface area (Å²) in [6, 6.07) is 11.7. The molecule has 0 saturated heterocycles. The molecule has 5 aromatic carbocycles. The van der Waals surface area contributed by atoms with E-state index in [0.717, 1.165) is 0 Å². The van der Waals surface area contributed by atoms with Crippen LogP contribution in [-0.4, -0.2) is 15.0 Å². The maximum Gasteiger partial charge on any atom is 0.164 e. The second-order valence-electron chi connectivity index (χ2n) is 8.05. The van der Waals surface area contributed by atoms with Gasteiger partial charge in [-0.15, -0.1) is 0 Å². The van der Waals surface area contributed by atoms with E-state index in [2.05, 4.69) is 15.0 Å². The smallest absolute Gasteiger partial charge is 0.164 e. The fourth-order valence-electron chi connectivity index (χ4n) is 3.92. The summed E-state index contributed by atoms with van der Waals surface area (Å²) in [5, 5.41) is -0.367. The number of nitrogens with zero attached hydrogens (tertiary/aromatic N) is 3. The first-order valence-electron chi connectivity index (χ1n) is 16.8. The Balaban J connectivity index is 1.55. The third-order valence-electron chi connectivity index (χ3n) is 5.68.